The summed E-state index contributed by atoms with van der Waals surface area (Å²) in [5.74, 6) is -4.59. The number of carbonyl (C=O) groups is 5. The van der Waals surface area contributed by atoms with Gasteiger partial charge in [-0.25, -0.2) is 4.79 Å². The van der Waals surface area contributed by atoms with E-state index in [-0.39, 0.29) is 17.9 Å². The van der Waals surface area contributed by atoms with E-state index >= 15 is 0 Å². The van der Waals surface area contributed by atoms with Crippen molar-refractivity contribution in [2.24, 2.45) is 11.5 Å². The number of benzene rings is 1. The number of carboxylic acid groups (broad SMARTS) is 1. The molecule has 0 fully saturated rings. The molecule has 0 aliphatic rings. The lowest BCUT2D eigenvalue weighted by Gasteiger charge is -2.24. The van der Waals surface area contributed by atoms with E-state index in [0.717, 1.165) is 0 Å². The van der Waals surface area contributed by atoms with Crippen LogP contribution in [0.2, 0.25) is 0 Å². The Morgan fingerprint density at radius 2 is 1.38 bits per heavy atom. The van der Waals surface area contributed by atoms with Crippen LogP contribution in [0.25, 0.3) is 0 Å². The predicted octanol–water partition coefficient (Wildman–Crippen LogP) is -2.17. The molecule has 0 heterocycles. The Morgan fingerprint density at radius 1 is 0.844 bits per heavy atom. The van der Waals surface area contributed by atoms with Gasteiger partial charge in [-0.2, -0.15) is 25.3 Å². The number of aliphatic carboxylic acids is 1. The van der Waals surface area contributed by atoms with Gasteiger partial charge in [-0.1, -0.05) is 30.3 Å². The van der Waals surface area contributed by atoms with E-state index in [1.54, 1.807) is 30.3 Å². The summed E-state index contributed by atoms with van der Waals surface area (Å²) in [5, 5.41) is 16.4. The monoisotopic (exact) mass is 485 g/mol. The van der Waals surface area contributed by atoms with Crippen LogP contribution in [0.4, 0.5) is 0 Å². The summed E-state index contributed by atoms with van der Waals surface area (Å²) < 4.78 is 0. The minimum Gasteiger partial charge on any atom is -0.480 e. The van der Waals surface area contributed by atoms with Crippen molar-refractivity contribution < 1.29 is 29.1 Å². The van der Waals surface area contributed by atoms with Crippen molar-refractivity contribution in [2.45, 2.75) is 37.0 Å². The van der Waals surface area contributed by atoms with Gasteiger partial charge in [0.25, 0.3) is 0 Å². The topological polar surface area (TPSA) is 194 Å². The maximum Gasteiger partial charge on any atom is 0.326 e. The Kier molecular flexibility index (Phi) is 11.6. The fourth-order valence-electron chi connectivity index (χ4n) is 2.56. The number of nitrogens with one attached hydrogen (secondary N) is 3. The van der Waals surface area contributed by atoms with Crippen molar-refractivity contribution in [3.8, 4) is 0 Å². The second kappa shape index (κ2) is 13.6. The zero-order valence-corrected chi connectivity index (χ0v) is 18.9. The summed E-state index contributed by atoms with van der Waals surface area (Å²) in [6.07, 6.45) is -0.602. The summed E-state index contributed by atoms with van der Waals surface area (Å²) in [4.78, 5) is 60.0. The van der Waals surface area contributed by atoms with Crippen molar-refractivity contribution in [1.82, 2.24) is 16.0 Å². The van der Waals surface area contributed by atoms with E-state index in [1.807, 2.05) is 0 Å². The Morgan fingerprint density at radius 3 is 1.88 bits per heavy atom. The van der Waals surface area contributed by atoms with E-state index in [2.05, 4.69) is 41.2 Å². The molecule has 0 radical (unpaired) electrons. The summed E-state index contributed by atoms with van der Waals surface area (Å²) in [7, 11) is 0. The van der Waals surface area contributed by atoms with Gasteiger partial charge in [0.15, 0.2) is 0 Å². The first-order valence-corrected chi connectivity index (χ1v) is 10.8. The van der Waals surface area contributed by atoms with Crippen molar-refractivity contribution in [3.05, 3.63) is 35.9 Å². The van der Waals surface area contributed by atoms with Crippen LogP contribution in [0.15, 0.2) is 30.3 Å². The number of carboxylic acids is 1. The average molecular weight is 486 g/mol. The van der Waals surface area contributed by atoms with Crippen LogP contribution in [0.5, 0.6) is 0 Å². The van der Waals surface area contributed by atoms with Crippen LogP contribution in [0.1, 0.15) is 12.0 Å². The molecule has 0 saturated heterocycles. The van der Waals surface area contributed by atoms with E-state index in [0.29, 0.717) is 5.56 Å². The molecule has 0 spiro atoms. The van der Waals surface area contributed by atoms with Gasteiger partial charge in [-0.3, -0.25) is 19.2 Å². The molecule has 0 bridgehead atoms. The lowest BCUT2D eigenvalue weighted by atomic mass is 10.0. The first kappa shape index (κ1) is 27.3. The third-order valence-corrected chi connectivity index (χ3v) is 5.04. The number of primary amides is 1. The fraction of sp³-hybridized carbons (Fsp3) is 0.421. The smallest absolute Gasteiger partial charge is 0.326 e. The Hall–Kier alpha value is -2.77. The highest BCUT2D eigenvalue weighted by Gasteiger charge is 2.30. The minimum absolute atomic E-state index is 0.0186. The highest BCUT2D eigenvalue weighted by Crippen LogP contribution is 2.06. The molecule has 4 amide bonds. The van der Waals surface area contributed by atoms with Gasteiger partial charge in [-0.05, 0) is 5.56 Å². The lowest BCUT2D eigenvalue weighted by Crippen LogP contribution is -2.58. The molecular formula is C19H27N5O6S2. The maximum atomic E-state index is 12.8. The van der Waals surface area contributed by atoms with E-state index in [4.69, 9.17) is 11.5 Å². The van der Waals surface area contributed by atoms with Crippen LogP contribution >= 0.6 is 25.3 Å². The largest absolute Gasteiger partial charge is 0.480 e. The average Bonchev–Trinajstić information content (AvgIpc) is 2.75. The molecule has 4 unspecified atom stereocenters. The zero-order valence-electron chi connectivity index (χ0n) is 17.1. The van der Waals surface area contributed by atoms with Gasteiger partial charge < -0.3 is 32.5 Å². The molecule has 1 rings (SSSR count). The van der Waals surface area contributed by atoms with Gasteiger partial charge in [-0.15, -0.1) is 0 Å². The number of nitrogens with two attached hydrogens (primary N) is 2. The molecule has 0 aliphatic heterocycles. The molecule has 11 nitrogen and oxygen atoms in total. The summed E-state index contributed by atoms with van der Waals surface area (Å²) >= 11 is 7.98. The number of rotatable bonds is 13. The molecule has 0 aliphatic carbocycles. The number of thiol groups is 2. The Bertz CT molecular complexity index is 826. The van der Waals surface area contributed by atoms with E-state index in [1.165, 1.54) is 0 Å². The summed E-state index contributed by atoms with van der Waals surface area (Å²) in [5.41, 5.74) is 11.3. The predicted molar refractivity (Wildman–Crippen MR) is 123 cm³/mol. The van der Waals surface area contributed by atoms with Crippen molar-refractivity contribution in [2.75, 3.05) is 11.5 Å². The third kappa shape index (κ3) is 9.16. The van der Waals surface area contributed by atoms with Gasteiger partial charge in [0, 0.05) is 17.9 Å². The lowest BCUT2D eigenvalue weighted by molar-refractivity contribution is -0.143. The Labute approximate surface area is 195 Å². The number of hydrogen-bond acceptors (Lipinski definition) is 8. The molecule has 1 aromatic rings. The molecular weight excluding hydrogens is 458 g/mol. The minimum atomic E-state index is -1.57. The Balaban J connectivity index is 3.03. The molecule has 8 N–H and O–H groups in total. The molecule has 13 heteroatoms. The molecule has 4 atom stereocenters. The maximum absolute atomic E-state index is 12.8. The first-order chi connectivity index (χ1) is 15.1. The molecule has 176 valence electrons. The highest BCUT2D eigenvalue weighted by atomic mass is 32.1. The molecule has 0 saturated carbocycles. The van der Waals surface area contributed by atoms with Crippen molar-refractivity contribution in [3.63, 3.8) is 0 Å². The SMILES string of the molecule is NC(=O)CC(NC(=O)C(Cc1ccccc1)NC(=O)C(CS)NC(=O)C(N)CS)C(=O)O. The van der Waals surface area contributed by atoms with Crippen LogP contribution in [-0.2, 0) is 30.4 Å². The van der Waals surface area contributed by atoms with Gasteiger partial charge in [0.05, 0.1) is 12.5 Å². The highest BCUT2D eigenvalue weighted by molar-refractivity contribution is 7.80. The second-order valence-corrected chi connectivity index (χ2v) is 7.58. The van der Waals surface area contributed by atoms with E-state index in [9.17, 15) is 29.1 Å². The van der Waals surface area contributed by atoms with Crippen LogP contribution in [-0.4, -0.2) is 70.4 Å². The molecule has 0 aromatic heterocycles. The zero-order chi connectivity index (χ0) is 24.3. The quantitative estimate of drug-likeness (QED) is 0.146. The number of carbonyl (C=O) groups excluding carboxylic acids is 4. The fourth-order valence-corrected chi connectivity index (χ4v) is 2.98. The van der Waals surface area contributed by atoms with Crippen LogP contribution < -0.4 is 27.4 Å². The van der Waals surface area contributed by atoms with Crippen molar-refractivity contribution in [1.29, 1.82) is 0 Å². The van der Waals surface area contributed by atoms with Gasteiger partial charge in [0.2, 0.25) is 23.6 Å². The van der Waals surface area contributed by atoms with Gasteiger partial charge in [0.1, 0.15) is 18.1 Å². The van der Waals surface area contributed by atoms with Crippen LogP contribution in [0.3, 0.4) is 0 Å². The molecule has 1 aromatic carbocycles. The number of amides is 4. The normalized spacial score (nSPS) is 14.3. The van der Waals surface area contributed by atoms with Crippen LogP contribution in [0, 0.1) is 0 Å². The van der Waals surface area contributed by atoms with Crippen molar-refractivity contribution >= 4 is 54.9 Å². The second-order valence-electron chi connectivity index (χ2n) is 6.85. The summed E-state index contributed by atoms with van der Waals surface area (Å²) in [6, 6.07) is 3.83. The van der Waals surface area contributed by atoms with E-state index < -0.39 is 60.2 Å². The first-order valence-electron chi connectivity index (χ1n) is 9.52. The number of hydrogen-bond donors (Lipinski definition) is 8. The van der Waals surface area contributed by atoms with Gasteiger partial charge >= 0.3 is 5.97 Å². The summed E-state index contributed by atoms with van der Waals surface area (Å²) in [6.45, 7) is 0. The third-order valence-electron chi connectivity index (χ3n) is 4.28. The molecule has 32 heavy (non-hydrogen) atoms. The standard InChI is InChI=1S/C19H27N5O6S2/c20-11(8-31)16(26)24-14(9-32)18(28)22-12(6-10-4-2-1-3-5-10)17(27)23-13(19(29)30)7-15(21)25/h1-5,11-14,31-32H,6-9,20H2,(H2,21,25)(H,22,28)(H,23,27)(H,24,26)(H,29,30).